The standard InChI is InChI=1S/C23H19N3O2/c1-16-8-7-9-17(14-16)22-25-20-13-6-5-12-19(20)23(28)26(22)15-21(27)24-18-10-3-2-4-11-18/h2-14H,15H2,1H3,(H,24,27). The maximum Gasteiger partial charge on any atom is 0.262 e. The van der Waals surface area contributed by atoms with E-state index in [1.54, 1.807) is 24.3 Å². The van der Waals surface area contributed by atoms with Gasteiger partial charge in [-0.1, -0.05) is 54.1 Å². The van der Waals surface area contributed by atoms with Crippen LogP contribution < -0.4 is 10.9 Å². The van der Waals surface area contributed by atoms with Crippen LogP contribution in [0.4, 0.5) is 5.69 Å². The van der Waals surface area contributed by atoms with E-state index < -0.39 is 0 Å². The lowest BCUT2D eigenvalue weighted by molar-refractivity contribution is -0.116. The molecular formula is C23H19N3O2. The smallest absolute Gasteiger partial charge is 0.262 e. The molecular weight excluding hydrogens is 350 g/mol. The molecule has 138 valence electrons. The van der Waals surface area contributed by atoms with Crippen molar-refractivity contribution in [3.8, 4) is 11.4 Å². The van der Waals surface area contributed by atoms with Gasteiger partial charge in [0, 0.05) is 11.3 Å². The molecule has 0 aliphatic rings. The van der Waals surface area contributed by atoms with E-state index in [9.17, 15) is 9.59 Å². The fraction of sp³-hybridized carbons (Fsp3) is 0.0870. The van der Waals surface area contributed by atoms with Gasteiger partial charge in [-0.15, -0.1) is 0 Å². The van der Waals surface area contributed by atoms with Crippen LogP contribution in [0.2, 0.25) is 0 Å². The number of hydrogen-bond donors (Lipinski definition) is 1. The molecule has 4 rings (SSSR count). The summed E-state index contributed by atoms with van der Waals surface area (Å²) in [6.07, 6.45) is 0. The fourth-order valence-electron chi connectivity index (χ4n) is 3.18. The van der Waals surface area contributed by atoms with Gasteiger partial charge < -0.3 is 5.32 Å². The zero-order valence-corrected chi connectivity index (χ0v) is 15.4. The first-order valence-electron chi connectivity index (χ1n) is 9.03. The van der Waals surface area contributed by atoms with Crippen LogP contribution in [0.15, 0.2) is 83.7 Å². The number of aryl methyl sites for hydroxylation is 1. The topological polar surface area (TPSA) is 64.0 Å². The summed E-state index contributed by atoms with van der Waals surface area (Å²) >= 11 is 0. The summed E-state index contributed by atoms with van der Waals surface area (Å²) < 4.78 is 1.44. The summed E-state index contributed by atoms with van der Waals surface area (Å²) in [4.78, 5) is 30.5. The van der Waals surface area contributed by atoms with E-state index in [2.05, 4.69) is 5.32 Å². The highest BCUT2D eigenvalue weighted by Gasteiger charge is 2.15. The molecule has 0 fully saturated rings. The summed E-state index contributed by atoms with van der Waals surface area (Å²) in [5, 5.41) is 3.32. The molecule has 1 aromatic heterocycles. The molecule has 1 N–H and O–H groups in total. The molecule has 0 spiro atoms. The molecule has 28 heavy (non-hydrogen) atoms. The minimum Gasteiger partial charge on any atom is -0.325 e. The van der Waals surface area contributed by atoms with Gasteiger partial charge in [-0.05, 0) is 37.3 Å². The Kier molecular flexibility index (Phi) is 4.72. The number of carbonyl (C=O) groups excluding carboxylic acids is 1. The number of anilines is 1. The highest BCUT2D eigenvalue weighted by molar-refractivity contribution is 5.91. The molecule has 3 aromatic carbocycles. The lowest BCUT2D eigenvalue weighted by Gasteiger charge is -2.14. The molecule has 0 aliphatic heterocycles. The second kappa shape index (κ2) is 7.48. The molecule has 4 aromatic rings. The maximum atomic E-state index is 13.1. The molecule has 1 heterocycles. The molecule has 5 nitrogen and oxygen atoms in total. The Morgan fingerprint density at radius 3 is 2.50 bits per heavy atom. The van der Waals surface area contributed by atoms with Crippen molar-refractivity contribution in [1.82, 2.24) is 9.55 Å². The van der Waals surface area contributed by atoms with Gasteiger partial charge >= 0.3 is 0 Å². The van der Waals surface area contributed by atoms with Crippen molar-refractivity contribution in [3.63, 3.8) is 0 Å². The molecule has 0 saturated heterocycles. The quantitative estimate of drug-likeness (QED) is 0.591. The zero-order valence-electron chi connectivity index (χ0n) is 15.4. The van der Waals surface area contributed by atoms with Crippen LogP contribution >= 0.6 is 0 Å². The summed E-state index contributed by atoms with van der Waals surface area (Å²) in [5.41, 5.74) is 2.93. The first kappa shape index (κ1) is 17.7. The van der Waals surface area contributed by atoms with E-state index in [4.69, 9.17) is 4.98 Å². The average molecular weight is 369 g/mol. The van der Waals surface area contributed by atoms with Gasteiger partial charge in [0.1, 0.15) is 12.4 Å². The highest BCUT2D eigenvalue weighted by Crippen LogP contribution is 2.20. The number of fused-ring (bicyclic) bond motifs is 1. The molecule has 0 saturated carbocycles. The molecule has 0 atom stereocenters. The van der Waals surface area contributed by atoms with Gasteiger partial charge in [0.15, 0.2) is 0 Å². The van der Waals surface area contributed by atoms with E-state index >= 15 is 0 Å². The summed E-state index contributed by atoms with van der Waals surface area (Å²) in [5.74, 6) is 0.204. The Balaban J connectivity index is 1.81. The second-order valence-corrected chi connectivity index (χ2v) is 6.63. The summed E-state index contributed by atoms with van der Waals surface area (Å²) in [7, 11) is 0. The maximum absolute atomic E-state index is 13.1. The number of hydrogen-bond acceptors (Lipinski definition) is 3. The zero-order chi connectivity index (χ0) is 19.5. The van der Waals surface area contributed by atoms with E-state index in [0.29, 0.717) is 22.4 Å². The normalized spacial score (nSPS) is 10.8. The number of benzene rings is 3. The Morgan fingerprint density at radius 2 is 1.71 bits per heavy atom. The lowest BCUT2D eigenvalue weighted by Crippen LogP contribution is -2.29. The number of nitrogens with zero attached hydrogens (tertiary/aromatic N) is 2. The number of carbonyl (C=O) groups is 1. The first-order valence-corrected chi connectivity index (χ1v) is 9.03. The lowest BCUT2D eigenvalue weighted by atomic mass is 10.1. The van der Waals surface area contributed by atoms with E-state index in [-0.39, 0.29) is 18.0 Å². The van der Waals surface area contributed by atoms with Gasteiger partial charge in [0.2, 0.25) is 5.91 Å². The van der Waals surface area contributed by atoms with Crippen molar-refractivity contribution in [2.45, 2.75) is 13.5 Å². The van der Waals surface area contributed by atoms with Gasteiger partial charge in [-0.25, -0.2) is 4.98 Å². The number of rotatable bonds is 4. The second-order valence-electron chi connectivity index (χ2n) is 6.63. The monoisotopic (exact) mass is 369 g/mol. The molecule has 1 amide bonds. The molecule has 0 bridgehead atoms. The Labute approximate surface area is 162 Å². The average Bonchev–Trinajstić information content (AvgIpc) is 2.71. The van der Waals surface area contributed by atoms with Crippen molar-refractivity contribution in [2.24, 2.45) is 0 Å². The van der Waals surface area contributed by atoms with Crippen LogP contribution in [0, 0.1) is 6.92 Å². The SMILES string of the molecule is Cc1cccc(-c2nc3ccccc3c(=O)n2CC(=O)Nc2ccccc2)c1. The summed E-state index contributed by atoms with van der Waals surface area (Å²) in [6, 6.07) is 24.1. The number of aromatic nitrogens is 2. The van der Waals surface area contributed by atoms with Gasteiger partial charge in [0.05, 0.1) is 10.9 Å². The molecule has 0 aliphatic carbocycles. The third kappa shape index (κ3) is 3.55. The van der Waals surface area contributed by atoms with E-state index in [0.717, 1.165) is 11.1 Å². The van der Waals surface area contributed by atoms with Gasteiger partial charge in [0.25, 0.3) is 5.56 Å². The van der Waals surface area contributed by atoms with Gasteiger partial charge in [-0.3, -0.25) is 14.2 Å². The van der Waals surface area contributed by atoms with Crippen molar-refractivity contribution in [2.75, 3.05) is 5.32 Å². The molecule has 5 heteroatoms. The van der Waals surface area contributed by atoms with Crippen LogP contribution in [0.1, 0.15) is 5.56 Å². The predicted molar refractivity (Wildman–Crippen MR) is 111 cm³/mol. The van der Waals surface area contributed by atoms with Crippen LogP contribution in [0.25, 0.3) is 22.3 Å². The van der Waals surface area contributed by atoms with Crippen LogP contribution in [-0.4, -0.2) is 15.5 Å². The van der Waals surface area contributed by atoms with Crippen LogP contribution in [0.3, 0.4) is 0 Å². The van der Waals surface area contributed by atoms with Crippen molar-refractivity contribution in [3.05, 3.63) is 94.8 Å². The Morgan fingerprint density at radius 1 is 0.964 bits per heavy atom. The van der Waals surface area contributed by atoms with Crippen LogP contribution in [-0.2, 0) is 11.3 Å². The van der Waals surface area contributed by atoms with E-state index in [1.807, 2.05) is 61.5 Å². The number of para-hydroxylation sites is 2. The third-order valence-corrected chi connectivity index (χ3v) is 4.50. The number of nitrogens with one attached hydrogen (secondary N) is 1. The minimum absolute atomic E-state index is 0.116. The highest BCUT2D eigenvalue weighted by atomic mass is 16.2. The Bertz CT molecular complexity index is 1210. The molecule has 0 unspecified atom stereocenters. The predicted octanol–water partition coefficient (Wildman–Crippen LogP) is 4.01. The van der Waals surface area contributed by atoms with Gasteiger partial charge in [-0.2, -0.15) is 0 Å². The summed E-state index contributed by atoms with van der Waals surface area (Å²) in [6.45, 7) is 1.87. The minimum atomic E-state index is -0.278. The van der Waals surface area contributed by atoms with E-state index in [1.165, 1.54) is 4.57 Å². The Hall–Kier alpha value is -3.73. The largest absolute Gasteiger partial charge is 0.325 e. The fourth-order valence-corrected chi connectivity index (χ4v) is 3.18. The molecule has 0 radical (unpaired) electrons. The first-order chi connectivity index (χ1) is 13.6. The number of amides is 1. The van der Waals surface area contributed by atoms with Crippen molar-refractivity contribution < 1.29 is 4.79 Å². The van der Waals surface area contributed by atoms with Crippen molar-refractivity contribution >= 4 is 22.5 Å². The van der Waals surface area contributed by atoms with Crippen LogP contribution in [0.5, 0.6) is 0 Å². The third-order valence-electron chi connectivity index (χ3n) is 4.50. The van der Waals surface area contributed by atoms with Crippen molar-refractivity contribution in [1.29, 1.82) is 0 Å².